The van der Waals surface area contributed by atoms with Crippen LogP contribution in [0, 0.1) is 0 Å². The van der Waals surface area contributed by atoms with Crippen LogP contribution in [0.1, 0.15) is 0 Å². The number of aromatic nitrogens is 2. The zero-order valence-electron chi connectivity index (χ0n) is 10.6. The van der Waals surface area contributed by atoms with E-state index >= 15 is 0 Å². The van der Waals surface area contributed by atoms with Crippen LogP contribution >= 0.6 is 0 Å². The SMILES string of the molecule is CN(c1ccccc1)c1nc(N)nc2ccccc12. The molecule has 0 fully saturated rings. The molecule has 4 heteroatoms. The maximum Gasteiger partial charge on any atom is 0.222 e. The van der Waals surface area contributed by atoms with E-state index in [0.717, 1.165) is 22.4 Å². The Kier molecular flexibility index (Phi) is 2.76. The molecule has 0 saturated heterocycles. The number of rotatable bonds is 2. The Morgan fingerprint density at radius 1 is 0.895 bits per heavy atom. The molecule has 19 heavy (non-hydrogen) atoms. The molecule has 0 saturated carbocycles. The lowest BCUT2D eigenvalue weighted by atomic mass is 10.2. The van der Waals surface area contributed by atoms with Crippen LogP contribution in [0.4, 0.5) is 17.5 Å². The van der Waals surface area contributed by atoms with Gasteiger partial charge in [0.2, 0.25) is 5.95 Å². The minimum Gasteiger partial charge on any atom is -0.368 e. The van der Waals surface area contributed by atoms with Crippen molar-refractivity contribution >= 4 is 28.4 Å². The molecule has 2 aromatic carbocycles. The molecule has 0 aliphatic heterocycles. The molecule has 0 bridgehead atoms. The number of nitrogens with zero attached hydrogens (tertiary/aromatic N) is 3. The van der Waals surface area contributed by atoms with Crippen LogP contribution in [0.3, 0.4) is 0 Å². The first-order chi connectivity index (χ1) is 9.25. The van der Waals surface area contributed by atoms with E-state index in [1.165, 1.54) is 0 Å². The van der Waals surface area contributed by atoms with Crippen LogP contribution < -0.4 is 10.6 Å². The second-order valence-corrected chi connectivity index (χ2v) is 4.32. The maximum atomic E-state index is 5.79. The standard InChI is InChI=1S/C15H14N4/c1-19(11-7-3-2-4-8-11)14-12-9-5-6-10-13(12)17-15(16)18-14/h2-10H,1H3,(H2,16,17,18). The number of hydrogen-bond donors (Lipinski definition) is 1. The summed E-state index contributed by atoms with van der Waals surface area (Å²) in [4.78, 5) is 10.6. The van der Waals surface area contributed by atoms with Gasteiger partial charge in [-0.05, 0) is 24.3 Å². The Morgan fingerprint density at radius 2 is 1.58 bits per heavy atom. The summed E-state index contributed by atoms with van der Waals surface area (Å²) in [6.45, 7) is 0. The summed E-state index contributed by atoms with van der Waals surface area (Å²) in [5, 5.41) is 0.989. The van der Waals surface area contributed by atoms with Crippen LogP contribution in [0.5, 0.6) is 0 Å². The first kappa shape index (κ1) is 11.5. The highest BCUT2D eigenvalue weighted by molar-refractivity contribution is 5.92. The smallest absolute Gasteiger partial charge is 0.222 e. The van der Waals surface area contributed by atoms with Gasteiger partial charge in [0, 0.05) is 18.1 Å². The quantitative estimate of drug-likeness (QED) is 0.759. The number of benzene rings is 2. The highest BCUT2D eigenvalue weighted by Crippen LogP contribution is 2.28. The zero-order chi connectivity index (χ0) is 13.2. The predicted octanol–water partition coefficient (Wildman–Crippen LogP) is 2.98. The third-order valence-corrected chi connectivity index (χ3v) is 3.06. The molecule has 2 N–H and O–H groups in total. The van der Waals surface area contributed by atoms with Gasteiger partial charge in [0.05, 0.1) is 5.52 Å². The molecule has 94 valence electrons. The monoisotopic (exact) mass is 250 g/mol. The highest BCUT2D eigenvalue weighted by atomic mass is 15.2. The molecule has 0 aliphatic rings. The molecule has 1 aromatic heterocycles. The first-order valence-corrected chi connectivity index (χ1v) is 6.07. The lowest BCUT2D eigenvalue weighted by Crippen LogP contribution is -2.13. The molecular formula is C15H14N4. The second-order valence-electron chi connectivity index (χ2n) is 4.32. The summed E-state index contributed by atoms with van der Waals surface area (Å²) in [7, 11) is 1.98. The molecule has 1 heterocycles. The van der Waals surface area contributed by atoms with Gasteiger partial charge in [-0.1, -0.05) is 30.3 Å². The summed E-state index contributed by atoms with van der Waals surface area (Å²) in [5.41, 5.74) is 7.71. The summed E-state index contributed by atoms with van der Waals surface area (Å²) < 4.78 is 0. The number of nitrogen functional groups attached to an aromatic ring is 1. The lowest BCUT2D eigenvalue weighted by Gasteiger charge is -2.20. The first-order valence-electron chi connectivity index (χ1n) is 6.07. The third-order valence-electron chi connectivity index (χ3n) is 3.06. The largest absolute Gasteiger partial charge is 0.368 e. The van der Waals surface area contributed by atoms with Crippen molar-refractivity contribution in [2.45, 2.75) is 0 Å². The van der Waals surface area contributed by atoms with Crippen molar-refractivity contribution in [3.05, 3.63) is 54.6 Å². The topological polar surface area (TPSA) is 55.0 Å². The van der Waals surface area contributed by atoms with Crippen molar-refractivity contribution in [1.29, 1.82) is 0 Å². The van der Waals surface area contributed by atoms with E-state index in [0.29, 0.717) is 0 Å². The van der Waals surface area contributed by atoms with Gasteiger partial charge in [-0.15, -0.1) is 0 Å². The molecule has 3 rings (SSSR count). The fraction of sp³-hybridized carbons (Fsp3) is 0.0667. The van der Waals surface area contributed by atoms with Crippen molar-refractivity contribution in [1.82, 2.24) is 9.97 Å². The van der Waals surface area contributed by atoms with Crippen molar-refractivity contribution in [2.24, 2.45) is 0 Å². The van der Waals surface area contributed by atoms with E-state index in [1.54, 1.807) is 0 Å². The van der Waals surface area contributed by atoms with Crippen molar-refractivity contribution in [2.75, 3.05) is 17.7 Å². The Labute approximate surface area is 111 Å². The maximum absolute atomic E-state index is 5.79. The van der Waals surface area contributed by atoms with Gasteiger partial charge in [-0.3, -0.25) is 0 Å². The number of nitrogens with two attached hydrogens (primary N) is 1. The average Bonchev–Trinajstić information content (AvgIpc) is 2.46. The lowest BCUT2D eigenvalue weighted by molar-refractivity contribution is 1.12. The summed E-state index contributed by atoms with van der Waals surface area (Å²) in [5.74, 6) is 1.10. The second kappa shape index (κ2) is 4.57. The molecule has 0 radical (unpaired) electrons. The fourth-order valence-electron chi connectivity index (χ4n) is 2.11. The van der Waals surface area contributed by atoms with Gasteiger partial charge >= 0.3 is 0 Å². The minimum absolute atomic E-state index is 0.288. The molecule has 0 spiro atoms. The molecule has 0 unspecified atom stereocenters. The Hall–Kier alpha value is -2.62. The molecular weight excluding hydrogens is 236 g/mol. The normalized spacial score (nSPS) is 10.6. The summed E-state index contributed by atoms with van der Waals surface area (Å²) in [6, 6.07) is 17.9. The average molecular weight is 250 g/mol. The number of fused-ring (bicyclic) bond motifs is 1. The van der Waals surface area contributed by atoms with Crippen LogP contribution in [-0.4, -0.2) is 17.0 Å². The van der Waals surface area contributed by atoms with Gasteiger partial charge in [-0.25, -0.2) is 4.98 Å². The number of anilines is 3. The predicted molar refractivity (Wildman–Crippen MR) is 78.5 cm³/mol. The molecule has 0 amide bonds. The summed E-state index contributed by atoms with van der Waals surface area (Å²) in [6.07, 6.45) is 0. The number of para-hydroxylation sites is 2. The Balaban J connectivity index is 2.19. The molecule has 3 aromatic rings. The molecule has 0 atom stereocenters. The van der Waals surface area contributed by atoms with E-state index in [-0.39, 0.29) is 5.95 Å². The van der Waals surface area contributed by atoms with Crippen molar-refractivity contribution < 1.29 is 0 Å². The van der Waals surface area contributed by atoms with E-state index < -0.39 is 0 Å². The molecule has 0 aliphatic carbocycles. The van der Waals surface area contributed by atoms with Crippen molar-refractivity contribution in [3.63, 3.8) is 0 Å². The number of hydrogen-bond acceptors (Lipinski definition) is 4. The van der Waals surface area contributed by atoms with E-state index in [1.807, 2.05) is 66.5 Å². The Bertz CT molecular complexity index is 710. The minimum atomic E-state index is 0.288. The molecule has 4 nitrogen and oxygen atoms in total. The van der Waals surface area contributed by atoms with E-state index in [4.69, 9.17) is 5.73 Å². The fourth-order valence-corrected chi connectivity index (χ4v) is 2.11. The van der Waals surface area contributed by atoms with Gasteiger partial charge in [0.1, 0.15) is 5.82 Å². The van der Waals surface area contributed by atoms with Crippen LogP contribution in [-0.2, 0) is 0 Å². The van der Waals surface area contributed by atoms with Crippen LogP contribution in [0.15, 0.2) is 54.6 Å². The Morgan fingerprint density at radius 3 is 2.37 bits per heavy atom. The highest BCUT2D eigenvalue weighted by Gasteiger charge is 2.11. The van der Waals surface area contributed by atoms with Gasteiger partial charge in [0.15, 0.2) is 0 Å². The van der Waals surface area contributed by atoms with Gasteiger partial charge < -0.3 is 10.6 Å². The zero-order valence-corrected chi connectivity index (χ0v) is 10.6. The third kappa shape index (κ3) is 2.08. The van der Waals surface area contributed by atoms with Gasteiger partial charge in [-0.2, -0.15) is 4.98 Å². The van der Waals surface area contributed by atoms with Crippen LogP contribution in [0.25, 0.3) is 10.9 Å². The van der Waals surface area contributed by atoms with E-state index in [2.05, 4.69) is 9.97 Å². The van der Waals surface area contributed by atoms with Crippen LogP contribution in [0.2, 0.25) is 0 Å². The van der Waals surface area contributed by atoms with E-state index in [9.17, 15) is 0 Å². The van der Waals surface area contributed by atoms with Crippen molar-refractivity contribution in [3.8, 4) is 0 Å². The summed E-state index contributed by atoms with van der Waals surface area (Å²) >= 11 is 0. The van der Waals surface area contributed by atoms with Gasteiger partial charge in [0.25, 0.3) is 0 Å².